The van der Waals surface area contributed by atoms with Crippen LogP contribution >= 0.6 is 11.8 Å². The minimum Gasteiger partial charge on any atom is -0.497 e. The van der Waals surface area contributed by atoms with Gasteiger partial charge in [0.05, 0.1) is 18.2 Å². The Morgan fingerprint density at radius 1 is 1.17 bits per heavy atom. The first-order valence-corrected chi connectivity index (χ1v) is 12.2. The second-order valence-corrected chi connectivity index (χ2v) is 10.2. The highest BCUT2D eigenvalue weighted by atomic mass is 32.2. The van der Waals surface area contributed by atoms with Crippen molar-refractivity contribution >= 4 is 23.6 Å². The molecule has 1 fully saturated rings. The Kier molecular flexibility index (Phi) is 7.47. The molecule has 2 N–H and O–H groups in total. The van der Waals surface area contributed by atoms with Gasteiger partial charge in [-0.15, -0.1) is 0 Å². The summed E-state index contributed by atoms with van der Waals surface area (Å²) >= 11 is 1.48. The number of likely N-dealkylation sites (N-methyl/N-ethyl adjacent to an activating group) is 1. The van der Waals surface area contributed by atoms with E-state index >= 15 is 0 Å². The van der Waals surface area contributed by atoms with Gasteiger partial charge in [-0.3, -0.25) is 9.69 Å². The van der Waals surface area contributed by atoms with E-state index in [1.165, 1.54) is 11.8 Å². The molecule has 184 valence electrons. The van der Waals surface area contributed by atoms with Gasteiger partial charge in [0.2, 0.25) is 17.7 Å². The van der Waals surface area contributed by atoms with Crippen LogP contribution in [0.1, 0.15) is 29.8 Å². The molecule has 1 saturated heterocycles. The Labute approximate surface area is 210 Å². The standard InChI is InChI=1S/C26H31N5O3S/c1-26(2)17-31(13-12-30(26)3)25-28-15-22(35-21-10-8-19(9-11-21)23(27)32)24(29-25)34-16-18-6-5-7-20(14-18)33-4/h5-11,14-15H,12-13,16-17H2,1-4H3,(H2,27,32). The number of hydrogen-bond acceptors (Lipinski definition) is 8. The van der Waals surface area contributed by atoms with Crippen LogP contribution in [0.3, 0.4) is 0 Å². The molecule has 9 heteroatoms. The molecule has 0 unspecified atom stereocenters. The molecule has 2 aromatic carbocycles. The highest BCUT2D eigenvalue weighted by molar-refractivity contribution is 7.99. The van der Waals surface area contributed by atoms with Crippen molar-refractivity contribution in [1.82, 2.24) is 14.9 Å². The third-order valence-corrected chi connectivity index (χ3v) is 7.19. The van der Waals surface area contributed by atoms with E-state index in [1.807, 2.05) is 36.4 Å². The maximum Gasteiger partial charge on any atom is 0.248 e. The van der Waals surface area contributed by atoms with Crippen molar-refractivity contribution in [2.75, 3.05) is 38.7 Å². The summed E-state index contributed by atoms with van der Waals surface area (Å²) in [5, 5.41) is 0. The van der Waals surface area contributed by atoms with E-state index in [9.17, 15) is 4.79 Å². The fourth-order valence-corrected chi connectivity index (χ4v) is 4.63. The number of primary amides is 1. The van der Waals surface area contributed by atoms with Gasteiger partial charge in [0.1, 0.15) is 12.4 Å². The summed E-state index contributed by atoms with van der Waals surface area (Å²) in [7, 11) is 3.79. The Bertz CT molecular complexity index is 1190. The minimum absolute atomic E-state index is 0.0127. The van der Waals surface area contributed by atoms with Crippen LogP contribution < -0.4 is 20.1 Å². The quantitative estimate of drug-likeness (QED) is 0.506. The number of carbonyl (C=O) groups excluding carboxylic acids is 1. The van der Waals surface area contributed by atoms with E-state index in [0.29, 0.717) is 24.0 Å². The number of rotatable bonds is 8. The van der Waals surface area contributed by atoms with Crippen molar-refractivity contribution in [3.8, 4) is 11.6 Å². The topological polar surface area (TPSA) is 93.8 Å². The van der Waals surface area contributed by atoms with Crippen molar-refractivity contribution in [3.05, 3.63) is 65.9 Å². The zero-order valence-corrected chi connectivity index (χ0v) is 21.3. The number of nitrogens with two attached hydrogens (primary N) is 1. The maximum absolute atomic E-state index is 11.4. The average molecular weight is 494 g/mol. The lowest BCUT2D eigenvalue weighted by atomic mass is 10.0. The van der Waals surface area contributed by atoms with Gasteiger partial charge in [0.15, 0.2) is 0 Å². The smallest absolute Gasteiger partial charge is 0.248 e. The van der Waals surface area contributed by atoms with Crippen molar-refractivity contribution in [3.63, 3.8) is 0 Å². The molecule has 4 rings (SSSR count). The number of aromatic nitrogens is 2. The normalized spacial score (nSPS) is 15.6. The van der Waals surface area contributed by atoms with Crippen molar-refractivity contribution in [2.24, 2.45) is 5.73 Å². The van der Waals surface area contributed by atoms with Crippen molar-refractivity contribution < 1.29 is 14.3 Å². The monoisotopic (exact) mass is 493 g/mol. The van der Waals surface area contributed by atoms with E-state index in [-0.39, 0.29) is 5.54 Å². The van der Waals surface area contributed by atoms with Gasteiger partial charge in [0, 0.05) is 35.6 Å². The van der Waals surface area contributed by atoms with Crippen LogP contribution in [0.15, 0.2) is 64.5 Å². The molecule has 0 spiro atoms. The molecule has 0 aliphatic carbocycles. The number of benzene rings is 2. The van der Waals surface area contributed by atoms with Gasteiger partial charge in [-0.05, 0) is 62.9 Å². The molecule has 0 radical (unpaired) electrons. The molecule has 8 nitrogen and oxygen atoms in total. The van der Waals surface area contributed by atoms with Gasteiger partial charge < -0.3 is 20.1 Å². The van der Waals surface area contributed by atoms with Crippen molar-refractivity contribution in [1.29, 1.82) is 0 Å². The minimum atomic E-state index is -0.452. The van der Waals surface area contributed by atoms with Gasteiger partial charge in [0.25, 0.3) is 0 Å². The second-order valence-electron chi connectivity index (χ2n) is 9.13. The number of ether oxygens (including phenoxy) is 2. The second kappa shape index (κ2) is 10.5. The maximum atomic E-state index is 11.4. The zero-order valence-electron chi connectivity index (χ0n) is 20.5. The fourth-order valence-electron chi connectivity index (χ4n) is 3.81. The Balaban J connectivity index is 1.60. The third kappa shape index (κ3) is 6.04. The Morgan fingerprint density at radius 2 is 1.94 bits per heavy atom. The van der Waals surface area contributed by atoms with Crippen LogP contribution in [-0.2, 0) is 6.61 Å². The number of nitrogens with zero attached hydrogens (tertiary/aromatic N) is 4. The van der Waals surface area contributed by atoms with Gasteiger partial charge in [-0.1, -0.05) is 23.9 Å². The summed E-state index contributed by atoms with van der Waals surface area (Å²) in [6.45, 7) is 7.38. The number of hydrogen-bond donors (Lipinski definition) is 1. The molecule has 1 aromatic heterocycles. The molecule has 35 heavy (non-hydrogen) atoms. The van der Waals surface area contributed by atoms with E-state index < -0.39 is 5.91 Å². The van der Waals surface area contributed by atoms with E-state index in [2.05, 4.69) is 35.7 Å². The van der Waals surface area contributed by atoms with Crippen LogP contribution in [0.4, 0.5) is 5.95 Å². The molecule has 0 atom stereocenters. The summed E-state index contributed by atoms with van der Waals surface area (Å²) in [4.78, 5) is 27.2. The van der Waals surface area contributed by atoms with Crippen LogP contribution in [-0.4, -0.2) is 60.1 Å². The zero-order chi connectivity index (χ0) is 25.0. The number of piperazine rings is 1. The predicted octanol–water partition coefficient (Wildman–Crippen LogP) is 3.84. The summed E-state index contributed by atoms with van der Waals surface area (Å²) in [5.41, 5.74) is 6.83. The van der Waals surface area contributed by atoms with Crippen molar-refractivity contribution in [2.45, 2.75) is 35.8 Å². The lowest BCUT2D eigenvalue weighted by Crippen LogP contribution is -2.58. The van der Waals surface area contributed by atoms with Crippen LogP contribution in [0, 0.1) is 0 Å². The van der Waals surface area contributed by atoms with Crippen LogP contribution in [0.2, 0.25) is 0 Å². The predicted molar refractivity (Wildman–Crippen MR) is 137 cm³/mol. The summed E-state index contributed by atoms with van der Waals surface area (Å²) in [6.07, 6.45) is 1.81. The van der Waals surface area contributed by atoms with Gasteiger partial charge >= 0.3 is 0 Å². The molecule has 0 bridgehead atoms. The molecule has 3 aromatic rings. The molecule has 2 heterocycles. The van der Waals surface area contributed by atoms with Gasteiger partial charge in [-0.25, -0.2) is 4.98 Å². The Morgan fingerprint density at radius 3 is 2.63 bits per heavy atom. The number of amides is 1. The SMILES string of the molecule is COc1cccc(COc2nc(N3CCN(C)C(C)(C)C3)ncc2Sc2ccc(C(N)=O)cc2)c1. The first-order chi connectivity index (χ1) is 16.7. The lowest BCUT2D eigenvalue weighted by Gasteiger charge is -2.45. The molecular weight excluding hydrogens is 462 g/mol. The molecular formula is C26H31N5O3S. The molecule has 1 amide bonds. The number of anilines is 1. The third-order valence-electron chi connectivity index (χ3n) is 6.19. The van der Waals surface area contributed by atoms with Crippen LogP contribution in [0.25, 0.3) is 0 Å². The summed E-state index contributed by atoms with van der Waals surface area (Å²) in [6, 6.07) is 14.9. The first kappa shape index (κ1) is 24.8. The van der Waals surface area contributed by atoms with E-state index in [4.69, 9.17) is 20.2 Å². The average Bonchev–Trinajstić information content (AvgIpc) is 2.85. The van der Waals surface area contributed by atoms with E-state index in [1.54, 1.807) is 25.4 Å². The first-order valence-electron chi connectivity index (χ1n) is 11.4. The number of carbonyl (C=O) groups is 1. The molecule has 0 saturated carbocycles. The highest BCUT2D eigenvalue weighted by Crippen LogP contribution is 2.35. The Hall–Kier alpha value is -3.30. The molecule has 1 aliphatic rings. The fraction of sp³-hybridized carbons (Fsp3) is 0.346. The van der Waals surface area contributed by atoms with Gasteiger partial charge in [-0.2, -0.15) is 4.98 Å². The van der Waals surface area contributed by atoms with E-state index in [0.717, 1.165) is 40.7 Å². The summed E-state index contributed by atoms with van der Waals surface area (Å²) in [5.74, 6) is 1.49. The number of methoxy groups -OCH3 is 1. The largest absolute Gasteiger partial charge is 0.497 e. The highest BCUT2D eigenvalue weighted by Gasteiger charge is 2.32. The molecule has 1 aliphatic heterocycles. The van der Waals surface area contributed by atoms with Crippen LogP contribution in [0.5, 0.6) is 11.6 Å². The lowest BCUT2D eigenvalue weighted by molar-refractivity contribution is 0.1000. The summed E-state index contributed by atoms with van der Waals surface area (Å²) < 4.78 is 11.6.